The van der Waals surface area contributed by atoms with Gasteiger partial charge in [0.25, 0.3) is 5.91 Å². The third-order valence-electron chi connectivity index (χ3n) is 5.11. The number of aryl methyl sites for hydroxylation is 1. The molecule has 3 rings (SSSR count). The molecule has 1 amide bonds. The second kappa shape index (κ2) is 7.50. The Bertz CT molecular complexity index is 767. The number of carbonyl (C=O) groups is 1. The lowest BCUT2D eigenvalue weighted by Gasteiger charge is -2.17. The number of likely N-dealkylation sites (tertiary alicyclic amines) is 1. The van der Waals surface area contributed by atoms with E-state index in [2.05, 4.69) is 18.9 Å². The average molecular weight is 356 g/mol. The van der Waals surface area contributed by atoms with E-state index in [1.807, 2.05) is 42.2 Å². The maximum atomic E-state index is 13.1. The third-order valence-corrected chi connectivity index (χ3v) is 5.11. The molecule has 2 aromatic rings. The normalized spacial score (nSPS) is 20.0. The van der Waals surface area contributed by atoms with Crippen LogP contribution in [-0.4, -0.2) is 46.8 Å². The molecule has 6 heteroatoms. The third kappa shape index (κ3) is 3.46. The molecule has 0 saturated carbocycles. The number of ether oxygens (including phenoxy) is 1. The van der Waals surface area contributed by atoms with Crippen molar-refractivity contribution in [1.82, 2.24) is 14.7 Å². The van der Waals surface area contributed by atoms with Gasteiger partial charge in [-0.25, -0.2) is 0 Å². The second-order valence-electron chi connectivity index (χ2n) is 7.18. The van der Waals surface area contributed by atoms with Gasteiger partial charge in [0, 0.05) is 31.6 Å². The van der Waals surface area contributed by atoms with Crippen molar-refractivity contribution in [3.05, 3.63) is 47.3 Å². The molecule has 1 saturated heterocycles. The van der Waals surface area contributed by atoms with Crippen molar-refractivity contribution >= 4 is 5.91 Å². The molecule has 0 bridgehead atoms. The standard InChI is InChI=1S/C20H28N4O2/c1-5-24-19(10-18(22-24)13(2)3)20(25)23-11-16(17(21)12-23)14-6-8-15(26-4)9-7-14/h6-10,13,16-17H,5,11-12,21H2,1-4H3/t16-,17+/m0/s1. The molecule has 1 fully saturated rings. The first kappa shape index (κ1) is 18.5. The summed E-state index contributed by atoms with van der Waals surface area (Å²) in [5.41, 5.74) is 9.10. The van der Waals surface area contributed by atoms with Crippen LogP contribution in [0.2, 0.25) is 0 Å². The molecule has 1 aromatic heterocycles. The number of methoxy groups -OCH3 is 1. The van der Waals surface area contributed by atoms with Gasteiger partial charge in [-0.1, -0.05) is 26.0 Å². The zero-order valence-electron chi connectivity index (χ0n) is 16.0. The minimum absolute atomic E-state index is 0.0118. The van der Waals surface area contributed by atoms with E-state index in [1.54, 1.807) is 11.8 Å². The zero-order valence-corrected chi connectivity index (χ0v) is 16.0. The molecule has 1 aromatic carbocycles. The largest absolute Gasteiger partial charge is 0.497 e. The lowest BCUT2D eigenvalue weighted by atomic mass is 9.95. The van der Waals surface area contributed by atoms with E-state index in [4.69, 9.17) is 10.5 Å². The van der Waals surface area contributed by atoms with Gasteiger partial charge in [0.15, 0.2) is 0 Å². The number of nitrogens with two attached hydrogens (primary N) is 1. The number of rotatable bonds is 5. The minimum Gasteiger partial charge on any atom is -0.497 e. The maximum Gasteiger partial charge on any atom is 0.272 e. The Balaban J connectivity index is 1.79. The smallest absolute Gasteiger partial charge is 0.272 e. The highest BCUT2D eigenvalue weighted by molar-refractivity contribution is 5.93. The fourth-order valence-corrected chi connectivity index (χ4v) is 3.49. The van der Waals surface area contributed by atoms with E-state index in [9.17, 15) is 4.79 Å². The highest BCUT2D eigenvalue weighted by atomic mass is 16.5. The first-order valence-electron chi connectivity index (χ1n) is 9.21. The van der Waals surface area contributed by atoms with Crippen molar-refractivity contribution in [2.75, 3.05) is 20.2 Å². The molecular weight excluding hydrogens is 328 g/mol. The van der Waals surface area contributed by atoms with Gasteiger partial charge in [-0.05, 0) is 36.6 Å². The SMILES string of the molecule is CCn1nc(C(C)C)cc1C(=O)N1C[C@@H](N)[C@H](c2ccc(OC)cc2)C1. The van der Waals surface area contributed by atoms with Crippen LogP contribution >= 0.6 is 0 Å². The molecule has 26 heavy (non-hydrogen) atoms. The Hall–Kier alpha value is -2.34. The van der Waals surface area contributed by atoms with Crippen LogP contribution in [0.1, 0.15) is 54.4 Å². The Morgan fingerprint density at radius 2 is 2.00 bits per heavy atom. The Morgan fingerprint density at radius 1 is 1.31 bits per heavy atom. The van der Waals surface area contributed by atoms with Crippen LogP contribution in [0.3, 0.4) is 0 Å². The summed E-state index contributed by atoms with van der Waals surface area (Å²) in [6, 6.07) is 9.79. The average Bonchev–Trinajstić information content (AvgIpc) is 3.25. The van der Waals surface area contributed by atoms with Crippen molar-refractivity contribution in [2.45, 2.75) is 45.2 Å². The summed E-state index contributed by atoms with van der Waals surface area (Å²) in [6.45, 7) is 8.03. The number of amides is 1. The predicted molar refractivity (Wildman–Crippen MR) is 102 cm³/mol. The predicted octanol–water partition coefficient (Wildman–Crippen LogP) is 2.60. The van der Waals surface area contributed by atoms with Gasteiger partial charge in [0.05, 0.1) is 12.8 Å². The highest BCUT2D eigenvalue weighted by Gasteiger charge is 2.35. The van der Waals surface area contributed by atoms with Gasteiger partial charge < -0.3 is 15.4 Å². The van der Waals surface area contributed by atoms with E-state index in [1.165, 1.54) is 0 Å². The summed E-state index contributed by atoms with van der Waals surface area (Å²) in [6.07, 6.45) is 0. The van der Waals surface area contributed by atoms with E-state index < -0.39 is 0 Å². The van der Waals surface area contributed by atoms with Crippen LogP contribution in [0.15, 0.2) is 30.3 Å². The number of carbonyl (C=O) groups excluding carboxylic acids is 1. The topological polar surface area (TPSA) is 73.4 Å². The summed E-state index contributed by atoms with van der Waals surface area (Å²) >= 11 is 0. The van der Waals surface area contributed by atoms with Gasteiger partial charge in [0.1, 0.15) is 11.4 Å². The number of aromatic nitrogens is 2. The first-order valence-corrected chi connectivity index (χ1v) is 9.21. The Kier molecular flexibility index (Phi) is 5.32. The molecule has 0 radical (unpaired) electrons. The molecule has 6 nitrogen and oxygen atoms in total. The molecule has 2 N–H and O–H groups in total. The number of benzene rings is 1. The lowest BCUT2D eigenvalue weighted by Crippen LogP contribution is -2.33. The van der Waals surface area contributed by atoms with Crippen molar-refractivity contribution in [3.8, 4) is 5.75 Å². The van der Waals surface area contributed by atoms with Crippen LogP contribution in [0.5, 0.6) is 5.75 Å². The Morgan fingerprint density at radius 3 is 2.58 bits per heavy atom. The molecule has 2 atom stereocenters. The van der Waals surface area contributed by atoms with E-state index in [0.29, 0.717) is 31.2 Å². The highest BCUT2D eigenvalue weighted by Crippen LogP contribution is 2.29. The van der Waals surface area contributed by atoms with Crippen molar-refractivity contribution in [1.29, 1.82) is 0 Å². The van der Waals surface area contributed by atoms with Crippen LogP contribution in [0, 0.1) is 0 Å². The first-order chi connectivity index (χ1) is 12.4. The molecule has 140 valence electrons. The van der Waals surface area contributed by atoms with Crippen LogP contribution < -0.4 is 10.5 Å². The van der Waals surface area contributed by atoms with Gasteiger partial charge in [-0.15, -0.1) is 0 Å². The molecule has 0 spiro atoms. The summed E-state index contributed by atoms with van der Waals surface area (Å²) in [5, 5.41) is 4.56. The lowest BCUT2D eigenvalue weighted by molar-refractivity contribution is 0.0777. The second-order valence-corrected chi connectivity index (χ2v) is 7.18. The van der Waals surface area contributed by atoms with E-state index in [0.717, 1.165) is 17.0 Å². The Labute approximate surface area is 154 Å². The number of hydrogen-bond acceptors (Lipinski definition) is 4. The summed E-state index contributed by atoms with van der Waals surface area (Å²) < 4.78 is 7.01. The minimum atomic E-state index is -0.0742. The molecular formula is C20H28N4O2. The maximum absolute atomic E-state index is 13.1. The van der Waals surface area contributed by atoms with Crippen LogP contribution in [-0.2, 0) is 6.54 Å². The summed E-state index contributed by atoms with van der Waals surface area (Å²) in [4.78, 5) is 14.9. The molecule has 2 heterocycles. The summed E-state index contributed by atoms with van der Waals surface area (Å²) in [7, 11) is 1.65. The van der Waals surface area contributed by atoms with E-state index >= 15 is 0 Å². The zero-order chi connectivity index (χ0) is 18.8. The van der Waals surface area contributed by atoms with Gasteiger partial charge >= 0.3 is 0 Å². The van der Waals surface area contributed by atoms with Crippen molar-refractivity contribution < 1.29 is 9.53 Å². The van der Waals surface area contributed by atoms with Gasteiger partial charge in [-0.2, -0.15) is 5.10 Å². The van der Waals surface area contributed by atoms with Gasteiger partial charge in [0.2, 0.25) is 0 Å². The van der Waals surface area contributed by atoms with Crippen LogP contribution in [0.25, 0.3) is 0 Å². The summed E-state index contributed by atoms with van der Waals surface area (Å²) in [5.74, 6) is 1.26. The monoisotopic (exact) mass is 356 g/mol. The van der Waals surface area contributed by atoms with Crippen molar-refractivity contribution in [2.24, 2.45) is 5.73 Å². The molecule has 0 aliphatic carbocycles. The fraction of sp³-hybridized carbons (Fsp3) is 0.500. The molecule has 0 unspecified atom stereocenters. The van der Waals surface area contributed by atoms with Gasteiger partial charge in [-0.3, -0.25) is 9.48 Å². The fourth-order valence-electron chi connectivity index (χ4n) is 3.49. The molecule has 1 aliphatic rings. The van der Waals surface area contributed by atoms with Crippen molar-refractivity contribution in [3.63, 3.8) is 0 Å². The van der Waals surface area contributed by atoms with Crippen LogP contribution in [0.4, 0.5) is 0 Å². The molecule has 1 aliphatic heterocycles. The quantitative estimate of drug-likeness (QED) is 0.894. The number of nitrogens with zero attached hydrogens (tertiary/aromatic N) is 3. The van der Waals surface area contributed by atoms with E-state index in [-0.39, 0.29) is 17.9 Å². The number of hydrogen-bond donors (Lipinski definition) is 1.